The smallest absolute Gasteiger partial charge is 0.138 e. The van der Waals surface area contributed by atoms with Crippen LogP contribution in [0.3, 0.4) is 0 Å². The molecule has 3 nitrogen and oxygen atoms in total. The van der Waals surface area contributed by atoms with Gasteiger partial charge in [-0.05, 0) is 43.9 Å². The van der Waals surface area contributed by atoms with E-state index in [4.69, 9.17) is 32.7 Å². The van der Waals surface area contributed by atoms with Gasteiger partial charge in [0.2, 0.25) is 0 Å². The summed E-state index contributed by atoms with van der Waals surface area (Å²) < 4.78 is 11.0. The molecule has 1 aromatic carbocycles. The van der Waals surface area contributed by atoms with Crippen molar-refractivity contribution < 1.29 is 9.47 Å². The zero-order chi connectivity index (χ0) is 15.5. The summed E-state index contributed by atoms with van der Waals surface area (Å²) in [5.74, 6) is 0.603. The second kappa shape index (κ2) is 7.19. The lowest BCUT2D eigenvalue weighted by Crippen LogP contribution is -2.43. The summed E-state index contributed by atoms with van der Waals surface area (Å²) in [4.78, 5) is 0. The molecule has 1 fully saturated rings. The summed E-state index contributed by atoms with van der Waals surface area (Å²) >= 11 is 12.7. The first-order valence-electron chi connectivity index (χ1n) is 7.36. The maximum atomic E-state index is 6.42. The van der Waals surface area contributed by atoms with Crippen LogP contribution in [0.4, 0.5) is 0 Å². The molecule has 1 saturated carbocycles. The Balaban J connectivity index is 2.27. The Morgan fingerprint density at radius 1 is 1.24 bits per heavy atom. The largest absolute Gasteiger partial charge is 0.495 e. The van der Waals surface area contributed by atoms with Crippen LogP contribution in [0.25, 0.3) is 0 Å². The van der Waals surface area contributed by atoms with Crippen LogP contribution in [-0.2, 0) is 4.74 Å². The van der Waals surface area contributed by atoms with E-state index in [9.17, 15) is 0 Å². The molecule has 1 atom stereocenters. The third-order valence-corrected chi connectivity index (χ3v) is 4.99. The van der Waals surface area contributed by atoms with E-state index in [0.717, 1.165) is 31.4 Å². The minimum absolute atomic E-state index is 0.0252. The molecule has 1 N–H and O–H groups in total. The Hall–Kier alpha value is -0.480. The predicted molar refractivity (Wildman–Crippen MR) is 87.6 cm³/mol. The predicted octanol–water partition coefficient (Wildman–Crippen LogP) is 4.61. The molecule has 0 spiro atoms. The summed E-state index contributed by atoms with van der Waals surface area (Å²) in [6.07, 6.45) is 4.34. The standard InChI is InChI=1S/C16H23Cl2NO2/c1-4-19-14(10-16(21-3)6-5-7-16)11-8-13(18)15(20-2)9-12(11)17/h8-9,14,19H,4-7,10H2,1-3H3. The van der Waals surface area contributed by atoms with Crippen LogP contribution >= 0.6 is 23.2 Å². The summed E-state index contributed by atoms with van der Waals surface area (Å²) in [6, 6.07) is 3.81. The van der Waals surface area contributed by atoms with Gasteiger partial charge in [0.25, 0.3) is 0 Å². The Bertz CT molecular complexity index is 484. The molecule has 0 aliphatic heterocycles. The molecule has 2 rings (SSSR count). The Morgan fingerprint density at radius 3 is 2.43 bits per heavy atom. The molecule has 118 valence electrons. The summed E-state index contributed by atoms with van der Waals surface area (Å²) in [5.41, 5.74) is 0.982. The van der Waals surface area contributed by atoms with E-state index in [-0.39, 0.29) is 11.6 Å². The molecule has 1 unspecified atom stereocenters. The Labute approximate surface area is 136 Å². The molecule has 1 aliphatic rings. The van der Waals surface area contributed by atoms with Crippen molar-refractivity contribution in [1.82, 2.24) is 5.32 Å². The highest BCUT2D eigenvalue weighted by Crippen LogP contribution is 2.44. The molecule has 0 heterocycles. The first-order valence-corrected chi connectivity index (χ1v) is 8.12. The summed E-state index contributed by atoms with van der Waals surface area (Å²) in [6.45, 7) is 2.96. The maximum Gasteiger partial charge on any atom is 0.138 e. The number of nitrogens with one attached hydrogen (secondary N) is 1. The van der Waals surface area contributed by atoms with Crippen molar-refractivity contribution in [1.29, 1.82) is 0 Å². The zero-order valence-electron chi connectivity index (χ0n) is 12.8. The fraction of sp³-hybridized carbons (Fsp3) is 0.625. The van der Waals surface area contributed by atoms with Gasteiger partial charge in [0, 0.05) is 24.2 Å². The zero-order valence-corrected chi connectivity index (χ0v) is 14.4. The molecular weight excluding hydrogens is 309 g/mol. The summed E-state index contributed by atoms with van der Waals surface area (Å²) in [5, 5.41) is 4.76. The second-order valence-corrected chi connectivity index (χ2v) is 6.38. The van der Waals surface area contributed by atoms with Gasteiger partial charge in [0.15, 0.2) is 0 Å². The number of hydrogen-bond acceptors (Lipinski definition) is 3. The van der Waals surface area contributed by atoms with Gasteiger partial charge in [0.1, 0.15) is 5.75 Å². The Morgan fingerprint density at radius 2 is 1.95 bits per heavy atom. The van der Waals surface area contributed by atoms with Crippen LogP contribution in [0, 0.1) is 0 Å². The number of ether oxygens (including phenoxy) is 2. The van der Waals surface area contributed by atoms with Crippen molar-refractivity contribution in [3.8, 4) is 5.75 Å². The van der Waals surface area contributed by atoms with Crippen molar-refractivity contribution in [3.63, 3.8) is 0 Å². The van der Waals surface area contributed by atoms with Gasteiger partial charge < -0.3 is 14.8 Å². The van der Waals surface area contributed by atoms with Crippen LogP contribution in [0.5, 0.6) is 5.75 Å². The number of halogens is 2. The van der Waals surface area contributed by atoms with Gasteiger partial charge in [-0.15, -0.1) is 0 Å². The third kappa shape index (κ3) is 3.65. The van der Waals surface area contributed by atoms with Gasteiger partial charge in [-0.1, -0.05) is 30.1 Å². The van der Waals surface area contributed by atoms with Gasteiger partial charge in [-0.3, -0.25) is 0 Å². The molecule has 0 bridgehead atoms. The van der Waals surface area contributed by atoms with Crippen molar-refractivity contribution in [2.24, 2.45) is 0 Å². The quantitative estimate of drug-likeness (QED) is 0.791. The number of hydrogen-bond donors (Lipinski definition) is 1. The van der Waals surface area contributed by atoms with E-state index < -0.39 is 0 Å². The first kappa shape index (κ1) is 16.9. The van der Waals surface area contributed by atoms with E-state index in [1.54, 1.807) is 20.3 Å². The topological polar surface area (TPSA) is 30.5 Å². The average Bonchev–Trinajstić information content (AvgIpc) is 2.44. The van der Waals surface area contributed by atoms with Crippen molar-refractivity contribution in [2.45, 2.75) is 44.2 Å². The number of rotatable bonds is 7. The lowest BCUT2D eigenvalue weighted by Gasteiger charge is -2.43. The molecule has 21 heavy (non-hydrogen) atoms. The first-order chi connectivity index (χ1) is 10.0. The lowest BCUT2D eigenvalue weighted by molar-refractivity contribution is -0.0837. The van der Waals surface area contributed by atoms with Crippen molar-refractivity contribution in [2.75, 3.05) is 20.8 Å². The third-order valence-electron chi connectivity index (χ3n) is 4.37. The van der Waals surface area contributed by atoms with Crippen molar-refractivity contribution >= 4 is 23.2 Å². The highest BCUT2D eigenvalue weighted by Gasteiger charge is 2.39. The van der Waals surface area contributed by atoms with Crippen molar-refractivity contribution in [3.05, 3.63) is 27.7 Å². The molecule has 0 amide bonds. The van der Waals surface area contributed by atoms with Crippen LogP contribution in [0.1, 0.15) is 44.2 Å². The van der Waals surface area contributed by atoms with Gasteiger partial charge in [0.05, 0.1) is 17.7 Å². The fourth-order valence-corrected chi connectivity index (χ4v) is 3.48. The molecule has 5 heteroatoms. The Kier molecular flexibility index (Phi) is 5.78. The normalized spacial score (nSPS) is 18.1. The van der Waals surface area contributed by atoms with Crippen LogP contribution < -0.4 is 10.1 Å². The van der Waals surface area contributed by atoms with Crippen LogP contribution in [-0.4, -0.2) is 26.4 Å². The fourth-order valence-electron chi connectivity index (χ4n) is 2.94. The second-order valence-electron chi connectivity index (χ2n) is 5.56. The number of methoxy groups -OCH3 is 2. The average molecular weight is 332 g/mol. The van der Waals surface area contributed by atoms with E-state index in [1.807, 2.05) is 6.07 Å². The van der Waals surface area contributed by atoms with E-state index >= 15 is 0 Å². The molecular formula is C16H23Cl2NO2. The molecule has 1 aliphatic carbocycles. The van der Waals surface area contributed by atoms with E-state index in [0.29, 0.717) is 15.8 Å². The van der Waals surface area contributed by atoms with Crippen LogP contribution in [0.2, 0.25) is 10.0 Å². The molecule has 0 saturated heterocycles. The highest BCUT2D eigenvalue weighted by atomic mass is 35.5. The highest BCUT2D eigenvalue weighted by molar-refractivity contribution is 6.34. The maximum absolute atomic E-state index is 6.42. The minimum atomic E-state index is -0.0252. The molecule has 0 aromatic heterocycles. The molecule has 0 radical (unpaired) electrons. The van der Waals surface area contributed by atoms with Gasteiger partial charge >= 0.3 is 0 Å². The summed E-state index contributed by atoms with van der Waals surface area (Å²) in [7, 11) is 3.39. The SMILES string of the molecule is CCNC(CC1(OC)CCC1)c1cc(Cl)c(OC)cc1Cl. The van der Waals surface area contributed by atoms with Gasteiger partial charge in [-0.25, -0.2) is 0 Å². The van der Waals surface area contributed by atoms with E-state index in [1.165, 1.54) is 6.42 Å². The van der Waals surface area contributed by atoms with Crippen LogP contribution in [0.15, 0.2) is 12.1 Å². The van der Waals surface area contributed by atoms with E-state index in [2.05, 4.69) is 12.2 Å². The van der Waals surface area contributed by atoms with Gasteiger partial charge in [-0.2, -0.15) is 0 Å². The lowest BCUT2D eigenvalue weighted by atomic mass is 9.74. The number of benzene rings is 1. The minimum Gasteiger partial charge on any atom is -0.495 e. The molecule has 1 aromatic rings. The monoisotopic (exact) mass is 331 g/mol.